The molecule has 0 atom stereocenters. The smallest absolute Gasteiger partial charge is 0.0183 e. The average molecular weight is 312 g/mol. The summed E-state index contributed by atoms with van der Waals surface area (Å²) in [7, 11) is 0. The molecule has 0 unspecified atom stereocenters. The summed E-state index contributed by atoms with van der Waals surface area (Å²) in [6, 6.07) is 26.8. The maximum absolute atomic E-state index is 4.10. The normalized spacial score (nSPS) is 9.58. The van der Waals surface area contributed by atoms with Crippen molar-refractivity contribution in [1.29, 1.82) is 0 Å². The molecule has 0 radical (unpaired) electrons. The molecule has 0 aliphatic carbocycles. The molecule has 120 valence electrons. The third-order valence-corrected chi connectivity index (χ3v) is 4.01. The van der Waals surface area contributed by atoms with Gasteiger partial charge in [-0.15, -0.1) is 0 Å². The van der Waals surface area contributed by atoms with E-state index in [0.29, 0.717) is 0 Å². The highest BCUT2D eigenvalue weighted by Gasteiger charge is 1.99. The largest absolute Gasteiger partial charge is 0.0985 e. The van der Waals surface area contributed by atoms with Crippen LogP contribution in [0.25, 0.3) is 11.6 Å². The highest BCUT2D eigenvalue weighted by Crippen LogP contribution is 2.20. The Morgan fingerprint density at radius 3 is 1.62 bits per heavy atom. The van der Waals surface area contributed by atoms with Crippen LogP contribution in [0, 0.1) is 13.8 Å². The zero-order chi connectivity index (χ0) is 17.4. The third-order valence-electron chi connectivity index (χ3n) is 4.01. The fourth-order valence-corrected chi connectivity index (χ4v) is 2.34. The van der Waals surface area contributed by atoms with E-state index in [1.54, 1.807) is 0 Å². The summed E-state index contributed by atoms with van der Waals surface area (Å²) in [6.07, 6.45) is 1.87. The second kappa shape index (κ2) is 8.69. The molecule has 0 saturated heterocycles. The Morgan fingerprint density at radius 1 is 0.708 bits per heavy atom. The van der Waals surface area contributed by atoms with Gasteiger partial charge >= 0.3 is 0 Å². The first-order valence-electron chi connectivity index (χ1n) is 8.11. The average Bonchev–Trinajstić information content (AvgIpc) is 2.65. The molecular formula is C24H24. The number of hydrogen-bond donors (Lipinski definition) is 0. The maximum atomic E-state index is 4.10. The monoisotopic (exact) mass is 312 g/mol. The van der Waals surface area contributed by atoms with E-state index in [2.05, 4.69) is 69.5 Å². The van der Waals surface area contributed by atoms with Crippen LogP contribution in [-0.2, 0) is 0 Å². The van der Waals surface area contributed by atoms with Crippen molar-refractivity contribution in [2.24, 2.45) is 0 Å². The van der Waals surface area contributed by atoms with Crippen molar-refractivity contribution in [3.63, 3.8) is 0 Å². The summed E-state index contributed by atoms with van der Waals surface area (Å²) >= 11 is 0. The van der Waals surface area contributed by atoms with Gasteiger partial charge in [0, 0.05) is 0 Å². The summed E-state index contributed by atoms with van der Waals surface area (Å²) in [6.45, 7) is 12.0. The predicted octanol–water partition coefficient (Wildman–Crippen LogP) is 6.69. The zero-order valence-corrected chi connectivity index (χ0v) is 14.5. The predicted molar refractivity (Wildman–Crippen MR) is 107 cm³/mol. The Bertz CT molecular complexity index is 754. The van der Waals surface area contributed by atoms with Crippen LogP contribution in [-0.4, -0.2) is 0 Å². The van der Waals surface area contributed by atoms with Gasteiger partial charge in [0.2, 0.25) is 0 Å². The Hall–Kier alpha value is -2.86. The van der Waals surface area contributed by atoms with Crippen LogP contribution in [0.4, 0.5) is 0 Å². The lowest BCUT2D eigenvalue weighted by Crippen LogP contribution is -1.84. The van der Waals surface area contributed by atoms with Crippen LogP contribution >= 0.6 is 0 Å². The fourth-order valence-electron chi connectivity index (χ4n) is 2.34. The SMILES string of the molecule is C=C(c1ccccc1)c1ccccc1.C=Cc1ccc(C)c(C)c1. The summed E-state index contributed by atoms with van der Waals surface area (Å²) < 4.78 is 0. The van der Waals surface area contributed by atoms with Gasteiger partial charge in [0.05, 0.1) is 0 Å². The van der Waals surface area contributed by atoms with Crippen LogP contribution in [0.5, 0.6) is 0 Å². The van der Waals surface area contributed by atoms with E-state index >= 15 is 0 Å². The van der Waals surface area contributed by atoms with Gasteiger partial charge in [-0.2, -0.15) is 0 Å². The van der Waals surface area contributed by atoms with Crippen LogP contribution in [0.3, 0.4) is 0 Å². The summed E-state index contributed by atoms with van der Waals surface area (Å²) in [4.78, 5) is 0. The molecule has 0 amide bonds. The van der Waals surface area contributed by atoms with E-state index in [4.69, 9.17) is 0 Å². The van der Waals surface area contributed by atoms with E-state index in [0.717, 1.165) is 5.57 Å². The molecule has 3 rings (SSSR count). The van der Waals surface area contributed by atoms with Gasteiger partial charge in [-0.3, -0.25) is 0 Å². The van der Waals surface area contributed by atoms with Gasteiger partial charge in [0.15, 0.2) is 0 Å². The second-order valence-electron chi connectivity index (χ2n) is 5.76. The van der Waals surface area contributed by atoms with Crippen LogP contribution in [0.15, 0.2) is 92.0 Å². The zero-order valence-electron chi connectivity index (χ0n) is 14.5. The van der Waals surface area contributed by atoms with Crippen LogP contribution in [0.1, 0.15) is 27.8 Å². The molecule has 24 heavy (non-hydrogen) atoms. The van der Waals surface area contributed by atoms with E-state index in [1.807, 2.05) is 42.5 Å². The van der Waals surface area contributed by atoms with Crippen molar-refractivity contribution < 1.29 is 0 Å². The maximum Gasteiger partial charge on any atom is -0.0183 e. The minimum atomic E-state index is 1.08. The lowest BCUT2D eigenvalue weighted by Gasteiger charge is -2.04. The Morgan fingerprint density at radius 2 is 1.21 bits per heavy atom. The minimum absolute atomic E-state index is 1.08. The van der Waals surface area contributed by atoms with Crippen LogP contribution in [0.2, 0.25) is 0 Å². The van der Waals surface area contributed by atoms with E-state index in [-0.39, 0.29) is 0 Å². The molecule has 0 N–H and O–H groups in total. The first-order chi connectivity index (χ1) is 11.6. The topological polar surface area (TPSA) is 0 Å². The molecular weight excluding hydrogens is 288 g/mol. The van der Waals surface area contributed by atoms with Crippen molar-refractivity contribution in [2.75, 3.05) is 0 Å². The molecule has 0 aromatic heterocycles. The first kappa shape index (κ1) is 17.5. The molecule has 0 aliphatic rings. The third kappa shape index (κ3) is 4.82. The Balaban J connectivity index is 0.000000185. The number of benzene rings is 3. The number of aryl methyl sites for hydroxylation is 2. The molecule has 0 nitrogen and oxygen atoms in total. The number of hydrogen-bond acceptors (Lipinski definition) is 0. The van der Waals surface area contributed by atoms with Crippen molar-refractivity contribution in [1.82, 2.24) is 0 Å². The van der Waals surface area contributed by atoms with Crippen molar-refractivity contribution >= 4 is 11.6 Å². The van der Waals surface area contributed by atoms with Crippen molar-refractivity contribution in [3.05, 3.63) is 120 Å². The summed E-state index contributed by atoms with van der Waals surface area (Å²) in [5, 5.41) is 0. The molecule has 3 aromatic rings. The van der Waals surface area contributed by atoms with Gasteiger partial charge in [0.1, 0.15) is 0 Å². The fraction of sp³-hybridized carbons (Fsp3) is 0.0833. The molecule has 0 aliphatic heterocycles. The minimum Gasteiger partial charge on any atom is -0.0985 e. The first-order valence-corrected chi connectivity index (χ1v) is 8.11. The summed E-state index contributed by atoms with van der Waals surface area (Å²) in [5.41, 5.74) is 7.30. The lowest BCUT2D eigenvalue weighted by molar-refractivity contribution is 1.33. The highest BCUT2D eigenvalue weighted by molar-refractivity contribution is 5.77. The molecule has 0 bridgehead atoms. The van der Waals surface area contributed by atoms with Crippen molar-refractivity contribution in [2.45, 2.75) is 13.8 Å². The van der Waals surface area contributed by atoms with Gasteiger partial charge in [-0.05, 0) is 47.2 Å². The quantitative estimate of drug-likeness (QED) is 0.505. The van der Waals surface area contributed by atoms with E-state index in [9.17, 15) is 0 Å². The Labute approximate surface area is 145 Å². The lowest BCUT2D eigenvalue weighted by atomic mass is 10.0. The molecule has 3 aromatic carbocycles. The summed E-state index contributed by atoms with van der Waals surface area (Å²) in [5.74, 6) is 0. The molecule has 0 heterocycles. The molecule has 0 fully saturated rings. The second-order valence-corrected chi connectivity index (χ2v) is 5.76. The van der Waals surface area contributed by atoms with Crippen LogP contribution < -0.4 is 0 Å². The van der Waals surface area contributed by atoms with Crippen molar-refractivity contribution in [3.8, 4) is 0 Å². The molecule has 0 heteroatoms. The van der Waals surface area contributed by atoms with Gasteiger partial charge in [0.25, 0.3) is 0 Å². The van der Waals surface area contributed by atoms with E-state index < -0.39 is 0 Å². The van der Waals surface area contributed by atoms with Gasteiger partial charge < -0.3 is 0 Å². The standard InChI is InChI=1S/C14H12.C10H12/c1-12(13-8-4-2-5-9-13)14-10-6-3-7-11-14;1-4-10-6-5-8(2)9(3)7-10/h2-11H,1H2;4-7H,1H2,2-3H3. The van der Waals surface area contributed by atoms with Gasteiger partial charge in [-0.25, -0.2) is 0 Å². The molecule has 0 saturated carbocycles. The van der Waals surface area contributed by atoms with Gasteiger partial charge in [-0.1, -0.05) is 98.1 Å². The Kier molecular flexibility index (Phi) is 6.33. The van der Waals surface area contributed by atoms with E-state index in [1.165, 1.54) is 27.8 Å². The molecule has 0 spiro atoms. The highest BCUT2D eigenvalue weighted by atomic mass is 14.0. The number of rotatable bonds is 3.